The van der Waals surface area contributed by atoms with E-state index < -0.39 is 0 Å². The topological polar surface area (TPSA) is 12.0 Å². The molecule has 0 aliphatic heterocycles. The highest BCUT2D eigenvalue weighted by molar-refractivity contribution is 5.15. The van der Waals surface area contributed by atoms with E-state index in [9.17, 15) is 0 Å². The second-order valence-corrected chi connectivity index (χ2v) is 5.53. The monoisotopic (exact) mass is 231 g/mol. The molecule has 1 aliphatic carbocycles. The van der Waals surface area contributed by atoms with Crippen molar-refractivity contribution in [1.82, 2.24) is 5.32 Å². The molecule has 1 unspecified atom stereocenters. The molecule has 94 valence electrons. The summed E-state index contributed by atoms with van der Waals surface area (Å²) in [5, 5.41) is 3.77. The number of hydrogen-bond donors (Lipinski definition) is 1. The van der Waals surface area contributed by atoms with Crippen LogP contribution in [0.3, 0.4) is 0 Å². The lowest BCUT2D eigenvalue weighted by molar-refractivity contribution is 0.391. The summed E-state index contributed by atoms with van der Waals surface area (Å²) in [7, 11) is 0. The van der Waals surface area contributed by atoms with Gasteiger partial charge in [0.15, 0.2) is 0 Å². The van der Waals surface area contributed by atoms with Gasteiger partial charge in [-0.2, -0.15) is 0 Å². The van der Waals surface area contributed by atoms with Crippen LogP contribution in [0.25, 0.3) is 0 Å². The smallest absolute Gasteiger partial charge is 0.0105 e. The standard InChI is InChI=1S/C16H25N/c1-3-15(12-14-8-6-5-7-9-14)17-13-16(4-2)10-11-16/h5-9,15,17H,3-4,10-13H2,1-2H3. The van der Waals surface area contributed by atoms with Crippen LogP contribution < -0.4 is 5.32 Å². The Balaban J connectivity index is 1.81. The van der Waals surface area contributed by atoms with E-state index in [1.54, 1.807) is 0 Å². The molecular weight excluding hydrogens is 206 g/mol. The molecule has 1 N–H and O–H groups in total. The highest BCUT2D eigenvalue weighted by Gasteiger charge is 2.40. The van der Waals surface area contributed by atoms with Crippen LogP contribution in [0, 0.1) is 5.41 Å². The van der Waals surface area contributed by atoms with Gasteiger partial charge in [0.2, 0.25) is 0 Å². The molecule has 1 aliphatic rings. The molecule has 1 aromatic rings. The Bertz CT molecular complexity index is 327. The van der Waals surface area contributed by atoms with Crippen molar-refractivity contribution in [3.05, 3.63) is 35.9 Å². The second-order valence-electron chi connectivity index (χ2n) is 5.53. The van der Waals surface area contributed by atoms with Crippen molar-refractivity contribution in [2.45, 2.75) is 52.0 Å². The van der Waals surface area contributed by atoms with Crippen molar-refractivity contribution >= 4 is 0 Å². The van der Waals surface area contributed by atoms with Gasteiger partial charge in [-0.25, -0.2) is 0 Å². The van der Waals surface area contributed by atoms with E-state index in [1.807, 2.05) is 0 Å². The van der Waals surface area contributed by atoms with Gasteiger partial charge in [0.25, 0.3) is 0 Å². The fourth-order valence-corrected chi connectivity index (χ4v) is 2.45. The first kappa shape index (κ1) is 12.6. The third kappa shape index (κ3) is 3.57. The van der Waals surface area contributed by atoms with Crippen LogP contribution >= 0.6 is 0 Å². The highest BCUT2D eigenvalue weighted by atomic mass is 14.9. The van der Waals surface area contributed by atoms with Gasteiger partial charge in [0.1, 0.15) is 0 Å². The van der Waals surface area contributed by atoms with E-state index in [0.29, 0.717) is 11.5 Å². The van der Waals surface area contributed by atoms with Crippen molar-refractivity contribution in [2.24, 2.45) is 5.41 Å². The molecule has 0 bridgehead atoms. The Labute approximate surface area is 106 Å². The first-order valence-electron chi connectivity index (χ1n) is 7.05. The molecular formula is C16H25N. The predicted octanol–water partition coefficient (Wildman–Crippen LogP) is 3.79. The molecule has 0 spiro atoms. The van der Waals surface area contributed by atoms with E-state index in [4.69, 9.17) is 0 Å². The summed E-state index contributed by atoms with van der Waals surface area (Å²) in [6.45, 7) is 5.83. The number of rotatable bonds is 7. The fourth-order valence-electron chi connectivity index (χ4n) is 2.45. The third-order valence-electron chi connectivity index (χ3n) is 4.29. The van der Waals surface area contributed by atoms with Crippen molar-refractivity contribution in [3.8, 4) is 0 Å². The lowest BCUT2D eigenvalue weighted by atomic mass is 10.0. The van der Waals surface area contributed by atoms with Gasteiger partial charge in [0, 0.05) is 12.6 Å². The van der Waals surface area contributed by atoms with E-state index in [-0.39, 0.29) is 0 Å². The van der Waals surface area contributed by atoms with Crippen LogP contribution in [0.15, 0.2) is 30.3 Å². The van der Waals surface area contributed by atoms with E-state index >= 15 is 0 Å². The number of nitrogens with one attached hydrogen (secondary N) is 1. The van der Waals surface area contributed by atoms with Crippen LogP contribution in [0.1, 0.15) is 45.1 Å². The summed E-state index contributed by atoms with van der Waals surface area (Å²) in [6, 6.07) is 11.5. The summed E-state index contributed by atoms with van der Waals surface area (Å²) in [5.41, 5.74) is 2.11. The summed E-state index contributed by atoms with van der Waals surface area (Å²) in [6.07, 6.45) is 6.57. The summed E-state index contributed by atoms with van der Waals surface area (Å²) in [5.74, 6) is 0. The van der Waals surface area contributed by atoms with Crippen LogP contribution in [-0.2, 0) is 6.42 Å². The van der Waals surface area contributed by atoms with Crippen LogP contribution in [0.5, 0.6) is 0 Å². The van der Waals surface area contributed by atoms with Crippen molar-refractivity contribution in [2.75, 3.05) is 6.54 Å². The minimum absolute atomic E-state index is 0.640. The molecule has 0 saturated heterocycles. The molecule has 1 heteroatoms. The maximum Gasteiger partial charge on any atom is 0.0105 e. The Kier molecular flexibility index (Phi) is 4.22. The molecule has 0 heterocycles. The van der Waals surface area contributed by atoms with Gasteiger partial charge in [-0.1, -0.05) is 44.2 Å². The summed E-state index contributed by atoms with van der Waals surface area (Å²) in [4.78, 5) is 0. The molecule has 1 fully saturated rings. The fraction of sp³-hybridized carbons (Fsp3) is 0.625. The van der Waals surface area contributed by atoms with Gasteiger partial charge in [-0.15, -0.1) is 0 Å². The second kappa shape index (κ2) is 5.68. The van der Waals surface area contributed by atoms with Gasteiger partial charge in [-0.3, -0.25) is 0 Å². The first-order chi connectivity index (χ1) is 8.28. The van der Waals surface area contributed by atoms with Gasteiger partial charge in [0.05, 0.1) is 0 Å². The van der Waals surface area contributed by atoms with Crippen LogP contribution in [-0.4, -0.2) is 12.6 Å². The maximum atomic E-state index is 3.77. The van der Waals surface area contributed by atoms with Crippen molar-refractivity contribution in [1.29, 1.82) is 0 Å². The Hall–Kier alpha value is -0.820. The average Bonchev–Trinajstić information content (AvgIpc) is 3.16. The lowest BCUT2D eigenvalue weighted by Gasteiger charge is -2.21. The van der Waals surface area contributed by atoms with Gasteiger partial charge < -0.3 is 5.32 Å². The molecule has 1 atom stereocenters. The SMILES string of the molecule is CCC(Cc1ccccc1)NCC1(CC)CC1. The number of hydrogen-bond acceptors (Lipinski definition) is 1. The Morgan fingerprint density at radius 3 is 2.41 bits per heavy atom. The third-order valence-corrected chi connectivity index (χ3v) is 4.29. The molecule has 1 saturated carbocycles. The normalized spacial score (nSPS) is 18.9. The van der Waals surface area contributed by atoms with Crippen molar-refractivity contribution in [3.63, 3.8) is 0 Å². The van der Waals surface area contributed by atoms with E-state index in [1.165, 1.54) is 37.8 Å². The molecule has 17 heavy (non-hydrogen) atoms. The molecule has 2 rings (SSSR count). The average molecular weight is 231 g/mol. The van der Waals surface area contributed by atoms with E-state index in [2.05, 4.69) is 49.5 Å². The lowest BCUT2D eigenvalue weighted by Crippen LogP contribution is -2.35. The van der Waals surface area contributed by atoms with Crippen LogP contribution in [0.4, 0.5) is 0 Å². The molecule has 0 aromatic heterocycles. The summed E-state index contributed by atoms with van der Waals surface area (Å²) < 4.78 is 0. The summed E-state index contributed by atoms with van der Waals surface area (Å²) >= 11 is 0. The van der Waals surface area contributed by atoms with Crippen LogP contribution in [0.2, 0.25) is 0 Å². The van der Waals surface area contributed by atoms with E-state index in [0.717, 1.165) is 6.42 Å². The zero-order chi connectivity index (χ0) is 12.1. The van der Waals surface area contributed by atoms with Gasteiger partial charge in [-0.05, 0) is 43.1 Å². The maximum absolute atomic E-state index is 3.77. The molecule has 0 amide bonds. The number of benzene rings is 1. The molecule has 0 radical (unpaired) electrons. The Morgan fingerprint density at radius 1 is 1.18 bits per heavy atom. The predicted molar refractivity (Wildman–Crippen MR) is 74.2 cm³/mol. The van der Waals surface area contributed by atoms with Gasteiger partial charge >= 0.3 is 0 Å². The zero-order valence-electron chi connectivity index (χ0n) is 11.2. The quantitative estimate of drug-likeness (QED) is 0.753. The minimum Gasteiger partial charge on any atom is -0.313 e. The van der Waals surface area contributed by atoms with Crippen molar-refractivity contribution < 1.29 is 0 Å². The Morgan fingerprint density at radius 2 is 1.88 bits per heavy atom. The molecule has 1 nitrogen and oxygen atoms in total. The minimum atomic E-state index is 0.640. The largest absolute Gasteiger partial charge is 0.313 e. The molecule has 1 aromatic carbocycles. The highest BCUT2D eigenvalue weighted by Crippen LogP contribution is 2.47. The first-order valence-corrected chi connectivity index (χ1v) is 7.05. The zero-order valence-corrected chi connectivity index (χ0v) is 11.2.